The SMILES string of the molecule is CCCN1C(=O)[C@@]2(c3ccccc31)c1c(oc3ccc(C)cc3c1=O)C(=O)N2CCOC. The molecular weight excluding hydrogens is 408 g/mol. The predicted octanol–water partition coefficient (Wildman–Crippen LogP) is 3.20. The average Bonchev–Trinajstić information content (AvgIpc) is 3.18. The number of amides is 2. The third-order valence-corrected chi connectivity index (χ3v) is 6.36. The molecule has 5 rings (SSSR count). The van der Waals surface area contributed by atoms with Crippen LogP contribution in [-0.4, -0.2) is 43.5 Å². The van der Waals surface area contributed by atoms with Crippen molar-refractivity contribution in [2.75, 3.05) is 31.7 Å². The van der Waals surface area contributed by atoms with Crippen molar-refractivity contribution < 1.29 is 18.7 Å². The highest BCUT2D eigenvalue weighted by atomic mass is 16.5. The lowest BCUT2D eigenvalue weighted by atomic mass is 9.84. The van der Waals surface area contributed by atoms with Gasteiger partial charge < -0.3 is 19.0 Å². The van der Waals surface area contributed by atoms with E-state index in [9.17, 15) is 14.4 Å². The van der Waals surface area contributed by atoms with Crippen molar-refractivity contribution in [3.05, 3.63) is 75.1 Å². The van der Waals surface area contributed by atoms with Crippen molar-refractivity contribution in [1.29, 1.82) is 0 Å². The third-order valence-electron chi connectivity index (χ3n) is 6.36. The quantitative estimate of drug-likeness (QED) is 0.619. The topological polar surface area (TPSA) is 80.1 Å². The van der Waals surface area contributed by atoms with Gasteiger partial charge in [-0.25, -0.2) is 0 Å². The Bertz CT molecular complexity index is 1330. The molecule has 0 bridgehead atoms. The first-order chi connectivity index (χ1) is 15.5. The summed E-state index contributed by atoms with van der Waals surface area (Å²) in [5.74, 6) is -0.842. The van der Waals surface area contributed by atoms with Crippen molar-refractivity contribution in [2.24, 2.45) is 0 Å². The summed E-state index contributed by atoms with van der Waals surface area (Å²) in [5.41, 5.74) is 0.764. The lowest BCUT2D eigenvalue weighted by Gasteiger charge is -2.34. The maximum Gasteiger partial charge on any atom is 0.291 e. The predicted molar refractivity (Wildman–Crippen MR) is 120 cm³/mol. The van der Waals surface area contributed by atoms with Crippen LogP contribution < -0.4 is 10.3 Å². The molecule has 3 heterocycles. The number of benzene rings is 2. The fourth-order valence-electron chi connectivity index (χ4n) is 5.03. The summed E-state index contributed by atoms with van der Waals surface area (Å²) < 4.78 is 11.3. The van der Waals surface area contributed by atoms with E-state index in [1.54, 1.807) is 17.0 Å². The highest BCUT2D eigenvalue weighted by molar-refractivity contribution is 6.17. The van der Waals surface area contributed by atoms with Crippen LogP contribution in [-0.2, 0) is 15.1 Å². The van der Waals surface area contributed by atoms with Crippen LogP contribution in [0, 0.1) is 6.92 Å². The van der Waals surface area contributed by atoms with Gasteiger partial charge in [-0.15, -0.1) is 0 Å². The van der Waals surface area contributed by atoms with Crippen LogP contribution >= 0.6 is 0 Å². The molecule has 164 valence electrons. The van der Waals surface area contributed by atoms with Gasteiger partial charge in [0.05, 0.1) is 23.2 Å². The Labute approximate surface area is 185 Å². The van der Waals surface area contributed by atoms with Crippen LogP contribution in [0.3, 0.4) is 0 Å². The van der Waals surface area contributed by atoms with Gasteiger partial charge in [-0.05, 0) is 31.5 Å². The van der Waals surface area contributed by atoms with E-state index in [0.29, 0.717) is 28.8 Å². The maximum atomic E-state index is 14.1. The second-order valence-corrected chi connectivity index (χ2v) is 8.27. The van der Waals surface area contributed by atoms with E-state index in [-0.39, 0.29) is 35.8 Å². The van der Waals surface area contributed by atoms with Crippen LogP contribution in [0.25, 0.3) is 11.0 Å². The molecule has 1 aromatic heterocycles. The van der Waals surface area contributed by atoms with Crippen molar-refractivity contribution in [2.45, 2.75) is 25.8 Å². The monoisotopic (exact) mass is 432 g/mol. The molecule has 2 aliphatic heterocycles. The second kappa shape index (κ2) is 7.31. The largest absolute Gasteiger partial charge is 0.450 e. The normalized spacial score (nSPS) is 19.3. The van der Waals surface area contributed by atoms with Crippen LogP contribution in [0.5, 0.6) is 0 Å². The molecule has 2 amide bonds. The van der Waals surface area contributed by atoms with Crippen LogP contribution in [0.2, 0.25) is 0 Å². The van der Waals surface area contributed by atoms with E-state index in [0.717, 1.165) is 12.0 Å². The molecule has 0 N–H and O–H groups in total. The van der Waals surface area contributed by atoms with E-state index in [1.807, 2.05) is 44.2 Å². The summed E-state index contributed by atoms with van der Waals surface area (Å²) in [6, 6.07) is 12.6. The maximum absolute atomic E-state index is 14.1. The number of hydrogen-bond acceptors (Lipinski definition) is 5. The van der Waals surface area contributed by atoms with E-state index in [1.165, 1.54) is 12.0 Å². The number of para-hydroxylation sites is 1. The Hall–Kier alpha value is -3.45. The molecule has 0 unspecified atom stereocenters. The zero-order valence-electron chi connectivity index (χ0n) is 18.3. The smallest absolute Gasteiger partial charge is 0.291 e. The number of carbonyl (C=O) groups excluding carboxylic acids is 2. The number of fused-ring (bicyclic) bond motifs is 5. The number of methoxy groups -OCH3 is 1. The number of nitrogens with zero attached hydrogens (tertiary/aromatic N) is 2. The highest BCUT2D eigenvalue weighted by Crippen LogP contribution is 2.52. The van der Waals surface area contributed by atoms with Gasteiger partial charge in [0.1, 0.15) is 5.58 Å². The fraction of sp³-hybridized carbons (Fsp3) is 0.320. The van der Waals surface area contributed by atoms with Gasteiger partial charge in [-0.2, -0.15) is 0 Å². The van der Waals surface area contributed by atoms with Crippen LogP contribution in [0.1, 0.15) is 40.6 Å². The van der Waals surface area contributed by atoms with Gasteiger partial charge in [0.25, 0.3) is 11.8 Å². The van der Waals surface area contributed by atoms with Gasteiger partial charge in [0.2, 0.25) is 5.76 Å². The molecule has 7 heteroatoms. The molecule has 1 spiro atoms. The Morgan fingerprint density at radius 1 is 1.06 bits per heavy atom. The second-order valence-electron chi connectivity index (χ2n) is 8.27. The molecule has 2 aromatic carbocycles. The van der Waals surface area contributed by atoms with Crippen LogP contribution in [0.15, 0.2) is 51.7 Å². The Kier molecular flexibility index (Phi) is 4.67. The molecule has 3 aromatic rings. The number of ether oxygens (including phenoxy) is 1. The summed E-state index contributed by atoms with van der Waals surface area (Å²) in [6.07, 6.45) is 0.737. The zero-order chi connectivity index (χ0) is 22.6. The summed E-state index contributed by atoms with van der Waals surface area (Å²) in [7, 11) is 1.54. The van der Waals surface area contributed by atoms with Gasteiger partial charge >= 0.3 is 0 Å². The van der Waals surface area contributed by atoms with Gasteiger partial charge in [-0.3, -0.25) is 14.4 Å². The molecule has 2 aliphatic rings. The van der Waals surface area contributed by atoms with E-state index in [2.05, 4.69) is 0 Å². The van der Waals surface area contributed by atoms with E-state index >= 15 is 0 Å². The standard InChI is InChI=1S/C25H24N2O5/c1-4-11-26-18-8-6-5-7-17(18)25(24(26)30)20-21(28)16-14-15(2)9-10-19(16)32-22(20)23(29)27(25)12-13-31-3/h5-10,14H,4,11-13H2,1-3H3/t25-/m1/s1. The first kappa shape index (κ1) is 20.5. The van der Waals surface area contributed by atoms with Crippen molar-refractivity contribution in [1.82, 2.24) is 4.90 Å². The third kappa shape index (κ3) is 2.48. The molecule has 32 heavy (non-hydrogen) atoms. The minimum atomic E-state index is -1.56. The van der Waals surface area contributed by atoms with Gasteiger partial charge in [-0.1, -0.05) is 36.8 Å². The number of hydrogen-bond donors (Lipinski definition) is 0. The molecule has 0 aliphatic carbocycles. The number of aryl methyl sites for hydroxylation is 1. The minimum absolute atomic E-state index is 0.0658. The number of anilines is 1. The lowest BCUT2D eigenvalue weighted by molar-refractivity contribution is -0.126. The summed E-state index contributed by atoms with van der Waals surface area (Å²) >= 11 is 0. The highest BCUT2D eigenvalue weighted by Gasteiger charge is 2.64. The molecule has 0 saturated heterocycles. The number of rotatable bonds is 5. The molecule has 0 radical (unpaired) electrons. The molecule has 1 atom stereocenters. The van der Waals surface area contributed by atoms with Crippen molar-refractivity contribution in [3.8, 4) is 0 Å². The lowest BCUT2D eigenvalue weighted by Crippen LogP contribution is -2.54. The Morgan fingerprint density at radius 2 is 1.84 bits per heavy atom. The molecule has 7 nitrogen and oxygen atoms in total. The van der Waals surface area contributed by atoms with Crippen molar-refractivity contribution in [3.63, 3.8) is 0 Å². The zero-order valence-corrected chi connectivity index (χ0v) is 18.3. The molecule has 0 saturated carbocycles. The Balaban J connectivity index is 1.90. The minimum Gasteiger partial charge on any atom is -0.450 e. The van der Waals surface area contributed by atoms with Crippen molar-refractivity contribution >= 4 is 28.5 Å². The number of carbonyl (C=O) groups is 2. The molecular formula is C25H24N2O5. The van der Waals surface area contributed by atoms with Crippen LogP contribution in [0.4, 0.5) is 5.69 Å². The molecule has 0 fully saturated rings. The Morgan fingerprint density at radius 3 is 2.59 bits per heavy atom. The summed E-state index contributed by atoms with van der Waals surface area (Å²) in [5, 5.41) is 0.365. The van der Waals surface area contributed by atoms with Gasteiger partial charge in [0, 0.05) is 25.8 Å². The fourth-order valence-corrected chi connectivity index (χ4v) is 5.03. The summed E-state index contributed by atoms with van der Waals surface area (Å²) in [4.78, 5) is 44.7. The first-order valence-electron chi connectivity index (χ1n) is 10.8. The van der Waals surface area contributed by atoms with E-state index < -0.39 is 11.4 Å². The van der Waals surface area contributed by atoms with E-state index in [4.69, 9.17) is 9.15 Å². The first-order valence-corrected chi connectivity index (χ1v) is 10.8. The average molecular weight is 432 g/mol. The van der Waals surface area contributed by atoms with Gasteiger partial charge in [0.15, 0.2) is 11.0 Å². The summed E-state index contributed by atoms with van der Waals surface area (Å²) in [6.45, 7) is 4.72.